The lowest BCUT2D eigenvalue weighted by Gasteiger charge is -2.09. The monoisotopic (exact) mass is 349 g/mol. The Morgan fingerprint density at radius 3 is 2.00 bits per heavy atom. The average molecular weight is 349 g/mol. The Balaban J connectivity index is 1.80. The van der Waals surface area contributed by atoms with Crippen molar-refractivity contribution in [2.75, 3.05) is 0 Å². The Morgan fingerprint density at radius 2 is 1.37 bits per heavy atom. The molecule has 1 aliphatic rings. The van der Waals surface area contributed by atoms with Crippen molar-refractivity contribution in [2.24, 2.45) is 5.92 Å². The molecule has 27 heavy (non-hydrogen) atoms. The summed E-state index contributed by atoms with van der Waals surface area (Å²) >= 11 is 0. The number of para-hydroxylation sites is 1. The predicted octanol–water partition coefficient (Wildman–Crippen LogP) is 5.41. The topological polar surface area (TPSA) is 30.7 Å². The molecule has 1 saturated carbocycles. The van der Waals surface area contributed by atoms with E-state index in [1.807, 2.05) is 35.0 Å². The van der Waals surface area contributed by atoms with Gasteiger partial charge in [0.05, 0.1) is 11.2 Å². The maximum atomic E-state index is 4.45. The number of hydrogen-bond acceptors (Lipinski definition) is 2. The van der Waals surface area contributed by atoms with Crippen LogP contribution in [-0.2, 0) is 0 Å². The van der Waals surface area contributed by atoms with E-state index in [-0.39, 0.29) is 0 Å². The summed E-state index contributed by atoms with van der Waals surface area (Å²) < 4.78 is 1.97. The predicted molar refractivity (Wildman–Crippen MR) is 109 cm³/mol. The zero-order valence-corrected chi connectivity index (χ0v) is 14.9. The van der Waals surface area contributed by atoms with Crippen LogP contribution in [0.5, 0.6) is 0 Å². The fourth-order valence-electron chi connectivity index (χ4n) is 3.38. The molecule has 0 bridgehead atoms. The zero-order chi connectivity index (χ0) is 18.1. The van der Waals surface area contributed by atoms with Crippen molar-refractivity contribution in [3.8, 4) is 0 Å². The standard InChI is InChI=1S/C24H19N3/c1-3-9-18(10-4-1)21(19-11-5-2-6-12-19)17-24(20-15-16-20)27-23-14-8-7-13-22(23)25-26-27/h1-14,20H,15-16H2. The molecule has 0 radical (unpaired) electrons. The van der Waals surface area contributed by atoms with Gasteiger partial charge >= 0.3 is 0 Å². The first-order valence-corrected chi connectivity index (χ1v) is 9.32. The van der Waals surface area contributed by atoms with E-state index in [1.54, 1.807) is 0 Å². The van der Waals surface area contributed by atoms with Gasteiger partial charge in [-0.1, -0.05) is 83.7 Å². The van der Waals surface area contributed by atoms with Crippen LogP contribution in [0.25, 0.3) is 22.3 Å². The molecule has 3 aromatic carbocycles. The van der Waals surface area contributed by atoms with E-state index in [2.05, 4.69) is 70.6 Å². The molecule has 0 atom stereocenters. The Kier molecular flexibility index (Phi) is 3.93. The largest absolute Gasteiger partial charge is 0.209 e. The normalized spacial score (nSPS) is 13.3. The quantitative estimate of drug-likeness (QED) is 0.461. The lowest BCUT2D eigenvalue weighted by Crippen LogP contribution is -2.01. The first-order valence-electron chi connectivity index (χ1n) is 9.32. The number of aromatic nitrogens is 3. The van der Waals surface area contributed by atoms with Crippen molar-refractivity contribution in [1.29, 1.82) is 0 Å². The molecule has 1 fully saturated rings. The number of fused-ring (bicyclic) bond motifs is 1. The molecule has 0 amide bonds. The first-order chi connectivity index (χ1) is 13.4. The van der Waals surface area contributed by atoms with Crippen molar-refractivity contribution in [3.05, 3.63) is 102 Å². The van der Waals surface area contributed by atoms with Gasteiger partial charge in [-0.15, -0.1) is 5.10 Å². The van der Waals surface area contributed by atoms with Gasteiger partial charge in [-0.3, -0.25) is 0 Å². The van der Waals surface area contributed by atoms with Gasteiger partial charge in [0.15, 0.2) is 0 Å². The minimum absolute atomic E-state index is 0.484. The highest BCUT2D eigenvalue weighted by molar-refractivity contribution is 5.84. The van der Waals surface area contributed by atoms with Gasteiger partial charge in [-0.25, -0.2) is 4.68 Å². The Labute approximate surface area is 158 Å². The van der Waals surface area contributed by atoms with Crippen LogP contribution in [0.2, 0.25) is 0 Å². The Hall–Kier alpha value is -3.42. The molecule has 0 unspecified atom stereocenters. The highest BCUT2D eigenvalue weighted by Crippen LogP contribution is 2.40. The van der Waals surface area contributed by atoms with Gasteiger partial charge in [0.1, 0.15) is 5.52 Å². The molecular weight excluding hydrogens is 330 g/mol. The third kappa shape index (κ3) is 3.10. The van der Waals surface area contributed by atoms with Crippen molar-refractivity contribution >= 4 is 22.3 Å². The van der Waals surface area contributed by atoms with E-state index in [0.717, 1.165) is 33.4 Å². The van der Waals surface area contributed by atoms with Crippen LogP contribution in [0, 0.1) is 5.92 Å². The maximum Gasteiger partial charge on any atom is 0.113 e. The zero-order valence-electron chi connectivity index (χ0n) is 14.9. The van der Waals surface area contributed by atoms with Gasteiger partial charge in [-0.2, -0.15) is 0 Å². The molecule has 0 N–H and O–H groups in total. The molecule has 0 spiro atoms. The van der Waals surface area contributed by atoms with Crippen molar-refractivity contribution < 1.29 is 0 Å². The van der Waals surface area contributed by atoms with E-state index in [9.17, 15) is 0 Å². The summed E-state index contributed by atoms with van der Waals surface area (Å²) in [6, 6.07) is 29.0. The number of allylic oxidation sites excluding steroid dienone is 1. The van der Waals surface area contributed by atoms with Gasteiger partial charge in [0, 0.05) is 11.5 Å². The summed E-state index contributed by atoms with van der Waals surface area (Å²) in [5.41, 5.74) is 10.2. The lowest BCUT2D eigenvalue weighted by atomic mass is 9.98. The molecule has 1 aliphatic carbocycles. The summed E-state index contributed by atoms with van der Waals surface area (Å²) in [4.78, 5) is 0. The third-order valence-corrected chi connectivity index (χ3v) is 4.92. The van der Waals surface area contributed by atoms with E-state index in [4.69, 9.17) is 0 Å². The number of rotatable bonds is 4. The summed E-state index contributed by atoms with van der Waals surface area (Å²) in [5, 5.41) is 8.80. The van der Waals surface area contributed by atoms with Crippen LogP contribution in [0.1, 0.15) is 24.0 Å². The second kappa shape index (κ2) is 6.71. The molecular formula is C24H19N3. The second-order valence-corrected chi connectivity index (χ2v) is 6.88. The van der Waals surface area contributed by atoms with Crippen molar-refractivity contribution in [1.82, 2.24) is 15.0 Å². The molecule has 0 saturated heterocycles. The van der Waals surface area contributed by atoms with Gasteiger partial charge in [-0.05, 0) is 36.1 Å². The van der Waals surface area contributed by atoms with Gasteiger partial charge in [0.25, 0.3) is 0 Å². The summed E-state index contributed by atoms with van der Waals surface area (Å²) in [5.74, 6) is 0.484. The molecule has 130 valence electrons. The van der Waals surface area contributed by atoms with Gasteiger partial charge in [0.2, 0.25) is 0 Å². The fourth-order valence-corrected chi connectivity index (χ4v) is 3.38. The first kappa shape index (κ1) is 15.8. The van der Waals surface area contributed by atoms with Crippen LogP contribution < -0.4 is 0 Å². The van der Waals surface area contributed by atoms with E-state index in [1.165, 1.54) is 12.8 Å². The SMILES string of the molecule is C(=C(c1ccccc1)c1ccccc1)=C(C1CC1)n1nnc2ccccc21. The van der Waals surface area contributed by atoms with E-state index < -0.39 is 0 Å². The molecule has 1 aromatic heterocycles. The highest BCUT2D eigenvalue weighted by Gasteiger charge is 2.29. The molecule has 1 heterocycles. The minimum Gasteiger partial charge on any atom is -0.209 e. The summed E-state index contributed by atoms with van der Waals surface area (Å²) in [6.45, 7) is 0. The molecule has 3 nitrogen and oxygen atoms in total. The number of nitrogens with zero attached hydrogens (tertiary/aromatic N) is 3. The molecule has 4 aromatic rings. The fraction of sp³-hybridized carbons (Fsp3) is 0.125. The van der Waals surface area contributed by atoms with E-state index in [0.29, 0.717) is 5.92 Å². The Bertz CT molecular complexity index is 1100. The van der Waals surface area contributed by atoms with Crippen LogP contribution in [-0.4, -0.2) is 15.0 Å². The van der Waals surface area contributed by atoms with Crippen molar-refractivity contribution in [3.63, 3.8) is 0 Å². The van der Waals surface area contributed by atoms with Crippen LogP contribution in [0.15, 0.2) is 90.7 Å². The molecule has 0 aliphatic heterocycles. The minimum atomic E-state index is 0.484. The summed E-state index contributed by atoms with van der Waals surface area (Å²) in [6.07, 6.45) is 2.35. The second-order valence-electron chi connectivity index (χ2n) is 6.88. The average Bonchev–Trinajstić information content (AvgIpc) is 3.49. The Morgan fingerprint density at radius 1 is 0.778 bits per heavy atom. The number of hydrogen-bond donors (Lipinski definition) is 0. The number of benzene rings is 3. The maximum absolute atomic E-state index is 4.45. The third-order valence-electron chi connectivity index (χ3n) is 4.92. The van der Waals surface area contributed by atoms with Crippen LogP contribution >= 0.6 is 0 Å². The highest BCUT2D eigenvalue weighted by atomic mass is 15.4. The molecule has 5 rings (SSSR count). The van der Waals surface area contributed by atoms with Gasteiger partial charge < -0.3 is 0 Å². The summed E-state index contributed by atoms with van der Waals surface area (Å²) in [7, 11) is 0. The van der Waals surface area contributed by atoms with E-state index >= 15 is 0 Å². The van der Waals surface area contributed by atoms with Crippen LogP contribution in [0.4, 0.5) is 0 Å². The van der Waals surface area contributed by atoms with Crippen LogP contribution in [0.3, 0.4) is 0 Å². The molecule has 3 heteroatoms. The smallest absolute Gasteiger partial charge is 0.113 e. The lowest BCUT2D eigenvalue weighted by molar-refractivity contribution is 0.801. The van der Waals surface area contributed by atoms with Crippen molar-refractivity contribution in [2.45, 2.75) is 12.8 Å².